The standard InChI is InChI=1S/C14H15BrF2N2S/c15-9-6-10(16)12(11(17)7-9)18-13-19-14(8-20-13)4-2-1-3-5-14/h6-7H,1-5,8H2,(H,18,19). The van der Waals surface area contributed by atoms with E-state index in [9.17, 15) is 8.78 Å². The minimum Gasteiger partial charge on any atom is -0.330 e. The Hall–Kier alpha value is -0.620. The van der Waals surface area contributed by atoms with Crippen molar-refractivity contribution in [1.82, 2.24) is 0 Å². The van der Waals surface area contributed by atoms with Crippen LogP contribution in [0.2, 0.25) is 0 Å². The smallest absolute Gasteiger partial charge is 0.161 e. The number of benzene rings is 1. The molecule has 1 fully saturated rings. The number of hydrogen-bond acceptors (Lipinski definition) is 3. The van der Waals surface area contributed by atoms with Gasteiger partial charge in [0.2, 0.25) is 0 Å². The normalized spacial score (nSPS) is 21.1. The van der Waals surface area contributed by atoms with Crippen LogP contribution in [0.5, 0.6) is 0 Å². The quantitative estimate of drug-likeness (QED) is 0.766. The van der Waals surface area contributed by atoms with Crippen molar-refractivity contribution in [3.05, 3.63) is 28.2 Å². The number of halogens is 3. The summed E-state index contributed by atoms with van der Waals surface area (Å²) in [5, 5.41) is 3.45. The summed E-state index contributed by atoms with van der Waals surface area (Å²) in [4.78, 5) is 4.70. The molecule has 20 heavy (non-hydrogen) atoms. The predicted molar refractivity (Wildman–Crippen MR) is 83.4 cm³/mol. The van der Waals surface area contributed by atoms with Gasteiger partial charge >= 0.3 is 0 Å². The summed E-state index contributed by atoms with van der Waals surface area (Å²) in [6.07, 6.45) is 5.81. The molecule has 3 rings (SSSR count). The molecule has 0 saturated heterocycles. The highest BCUT2D eigenvalue weighted by molar-refractivity contribution is 9.10. The van der Waals surface area contributed by atoms with Crippen LogP contribution in [0.4, 0.5) is 14.5 Å². The molecule has 1 aromatic carbocycles. The summed E-state index contributed by atoms with van der Waals surface area (Å²) in [6, 6.07) is 2.50. The van der Waals surface area contributed by atoms with E-state index in [2.05, 4.69) is 21.2 Å². The van der Waals surface area contributed by atoms with Crippen LogP contribution in [0.1, 0.15) is 32.1 Å². The van der Waals surface area contributed by atoms with Crippen molar-refractivity contribution in [3.8, 4) is 0 Å². The summed E-state index contributed by atoms with van der Waals surface area (Å²) in [7, 11) is 0. The third-order valence-corrected chi connectivity index (χ3v) is 5.45. The summed E-state index contributed by atoms with van der Waals surface area (Å²) in [6.45, 7) is 0. The zero-order chi connectivity index (χ0) is 14.2. The number of nitrogens with one attached hydrogen (secondary N) is 1. The molecule has 0 radical (unpaired) electrons. The third-order valence-electron chi connectivity index (χ3n) is 3.84. The van der Waals surface area contributed by atoms with E-state index < -0.39 is 11.6 Å². The molecule has 1 aromatic rings. The Labute approximate surface area is 129 Å². The fraction of sp³-hybridized carbons (Fsp3) is 0.500. The van der Waals surface area contributed by atoms with E-state index in [0.717, 1.165) is 18.6 Å². The molecule has 0 bridgehead atoms. The van der Waals surface area contributed by atoms with Gasteiger partial charge < -0.3 is 5.32 Å². The zero-order valence-electron chi connectivity index (χ0n) is 10.9. The van der Waals surface area contributed by atoms with Crippen molar-refractivity contribution < 1.29 is 8.78 Å². The molecule has 1 heterocycles. The summed E-state index contributed by atoms with van der Waals surface area (Å²) in [5.74, 6) is -0.302. The summed E-state index contributed by atoms with van der Waals surface area (Å²) in [5.41, 5.74) is -0.125. The first-order valence-electron chi connectivity index (χ1n) is 6.72. The van der Waals surface area contributed by atoms with Crippen LogP contribution in [-0.2, 0) is 0 Å². The van der Waals surface area contributed by atoms with E-state index in [1.165, 1.54) is 31.4 Å². The van der Waals surface area contributed by atoms with Crippen molar-refractivity contribution in [2.24, 2.45) is 4.99 Å². The van der Waals surface area contributed by atoms with Gasteiger partial charge in [-0.05, 0) is 25.0 Å². The Morgan fingerprint density at radius 1 is 1.15 bits per heavy atom. The SMILES string of the molecule is Fc1cc(Br)cc(F)c1NC1=NC2(CCCCC2)CS1. The second kappa shape index (κ2) is 5.64. The van der Waals surface area contributed by atoms with Gasteiger partial charge in [0.25, 0.3) is 0 Å². The summed E-state index contributed by atoms with van der Waals surface area (Å²) >= 11 is 4.63. The highest BCUT2D eigenvalue weighted by atomic mass is 79.9. The Bertz CT molecular complexity index is 533. The van der Waals surface area contributed by atoms with Crippen LogP contribution in [0.3, 0.4) is 0 Å². The minimum absolute atomic E-state index is 0.00638. The van der Waals surface area contributed by atoms with Crippen LogP contribution >= 0.6 is 27.7 Å². The topological polar surface area (TPSA) is 24.4 Å². The highest BCUT2D eigenvalue weighted by Crippen LogP contribution is 2.40. The number of aliphatic imine (C=N–C) groups is 1. The molecule has 2 nitrogen and oxygen atoms in total. The maximum atomic E-state index is 13.8. The van der Waals surface area contributed by atoms with Crippen LogP contribution in [0.15, 0.2) is 21.6 Å². The lowest BCUT2D eigenvalue weighted by Crippen LogP contribution is -2.29. The lowest BCUT2D eigenvalue weighted by atomic mass is 9.84. The minimum atomic E-state index is -0.607. The second-order valence-corrected chi connectivity index (χ2v) is 7.24. The van der Waals surface area contributed by atoms with Crippen molar-refractivity contribution >= 4 is 38.5 Å². The third kappa shape index (κ3) is 2.86. The van der Waals surface area contributed by atoms with Crippen molar-refractivity contribution in [2.45, 2.75) is 37.6 Å². The van der Waals surface area contributed by atoms with E-state index in [1.54, 1.807) is 11.8 Å². The number of amidine groups is 1. The molecule has 1 aliphatic carbocycles. The van der Waals surface area contributed by atoms with Crippen molar-refractivity contribution in [2.75, 3.05) is 11.1 Å². The molecule has 1 saturated carbocycles. The number of thioether (sulfide) groups is 1. The average Bonchev–Trinajstić information content (AvgIpc) is 2.77. The fourth-order valence-corrected chi connectivity index (χ4v) is 4.37. The molecule has 0 aromatic heterocycles. The van der Waals surface area contributed by atoms with Crippen LogP contribution < -0.4 is 5.32 Å². The summed E-state index contributed by atoms with van der Waals surface area (Å²) < 4.78 is 28.0. The largest absolute Gasteiger partial charge is 0.330 e. The molecule has 6 heteroatoms. The Morgan fingerprint density at radius 3 is 2.45 bits per heavy atom. The molecule has 1 aliphatic heterocycles. The van der Waals surface area contributed by atoms with E-state index >= 15 is 0 Å². The molecule has 1 N–H and O–H groups in total. The van der Waals surface area contributed by atoms with Gasteiger partial charge in [-0.15, -0.1) is 0 Å². The maximum absolute atomic E-state index is 13.8. The van der Waals surface area contributed by atoms with E-state index in [0.29, 0.717) is 9.64 Å². The molecule has 0 amide bonds. The molecular weight excluding hydrogens is 346 g/mol. The number of anilines is 1. The maximum Gasteiger partial charge on any atom is 0.161 e. The fourth-order valence-electron chi connectivity index (χ4n) is 2.78. The highest BCUT2D eigenvalue weighted by Gasteiger charge is 2.37. The first-order valence-corrected chi connectivity index (χ1v) is 8.50. The van der Waals surface area contributed by atoms with Gasteiger partial charge in [-0.2, -0.15) is 0 Å². The van der Waals surface area contributed by atoms with Crippen LogP contribution in [0.25, 0.3) is 0 Å². The van der Waals surface area contributed by atoms with Gasteiger partial charge in [0.1, 0.15) is 5.69 Å². The first kappa shape index (κ1) is 14.3. The lowest BCUT2D eigenvalue weighted by molar-refractivity contribution is 0.335. The number of nitrogens with zero attached hydrogens (tertiary/aromatic N) is 1. The average molecular weight is 361 g/mol. The monoisotopic (exact) mass is 360 g/mol. The molecule has 2 aliphatic rings. The van der Waals surface area contributed by atoms with Crippen molar-refractivity contribution in [1.29, 1.82) is 0 Å². The molecular formula is C14H15BrF2N2S. The van der Waals surface area contributed by atoms with Crippen molar-refractivity contribution in [3.63, 3.8) is 0 Å². The predicted octanol–water partition coefficient (Wildman–Crippen LogP) is 4.94. The van der Waals surface area contributed by atoms with Crippen LogP contribution in [0, 0.1) is 11.6 Å². The Kier molecular flexibility index (Phi) is 4.04. The van der Waals surface area contributed by atoms with Gasteiger partial charge in [-0.1, -0.05) is 47.0 Å². The van der Waals surface area contributed by atoms with Gasteiger partial charge in [0, 0.05) is 10.2 Å². The Balaban J connectivity index is 1.80. The van der Waals surface area contributed by atoms with Gasteiger partial charge in [0.05, 0.1) is 5.54 Å². The van der Waals surface area contributed by atoms with Gasteiger partial charge in [-0.25, -0.2) is 8.78 Å². The molecule has 0 unspecified atom stereocenters. The first-order chi connectivity index (χ1) is 9.58. The number of hydrogen-bond donors (Lipinski definition) is 1. The molecule has 108 valence electrons. The lowest BCUT2D eigenvalue weighted by Gasteiger charge is -2.29. The van der Waals surface area contributed by atoms with Gasteiger partial charge in [0.15, 0.2) is 16.8 Å². The van der Waals surface area contributed by atoms with Crippen LogP contribution in [-0.4, -0.2) is 16.5 Å². The van der Waals surface area contributed by atoms with E-state index in [1.807, 2.05) is 0 Å². The van der Waals surface area contributed by atoms with Gasteiger partial charge in [-0.3, -0.25) is 4.99 Å². The Morgan fingerprint density at radius 2 is 1.80 bits per heavy atom. The number of rotatable bonds is 1. The van der Waals surface area contributed by atoms with E-state index in [-0.39, 0.29) is 11.2 Å². The van der Waals surface area contributed by atoms with E-state index in [4.69, 9.17) is 4.99 Å². The second-order valence-electron chi connectivity index (χ2n) is 5.36. The molecule has 0 atom stereocenters. The molecule has 1 spiro atoms. The zero-order valence-corrected chi connectivity index (χ0v) is 13.3.